The van der Waals surface area contributed by atoms with Gasteiger partial charge >= 0.3 is 6.03 Å². The number of amides is 3. The molecule has 10 atom stereocenters. The number of methoxy groups -OCH3 is 1. The Bertz CT molecular complexity index is 863. The molecule has 0 saturated carbocycles. The van der Waals surface area contributed by atoms with Crippen LogP contribution in [0.2, 0.25) is 0 Å². The molecular weight excluding hydrogens is 482 g/mol. The van der Waals surface area contributed by atoms with Crippen molar-refractivity contribution in [1.82, 2.24) is 10.6 Å². The highest BCUT2D eigenvalue weighted by Gasteiger charge is 2.51. The molecule has 8 N–H and O–H groups in total. The highest BCUT2D eigenvalue weighted by Crippen LogP contribution is 2.29. The summed E-state index contributed by atoms with van der Waals surface area (Å²) in [7, 11) is 1.29. The summed E-state index contributed by atoms with van der Waals surface area (Å²) in [6, 6.07) is 5.26. The number of benzene rings is 1. The van der Waals surface area contributed by atoms with E-state index in [2.05, 4.69) is 16.0 Å². The minimum Gasteiger partial charge on any atom is -0.394 e. The average molecular weight is 516 g/mol. The second-order valence-electron chi connectivity index (χ2n) is 8.48. The van der Waals surface area contributed by atoms with Gasteiger partial charge in [0.25, 0.3) is 0 Å². The average Bonchev–Trinajstić information content (AvgIpc) is 2.86. The van der Waals surface area contributed by atoms with Crippen LogP contribution in [0.3, 0.4) is 0 Å². The molecule has 2 heterocycles. The molecule has 2 saturated heterocycles. The molecular formula is C22H33N3O11. The van der Waals surface area contributed by atoms with Crippen LogP contribution >= 0.6 is 0 Å². The Morgan fingerprint density at radius 2 is 1.53 bits per heavy atom. The van der Waals surface area contributed by atoms with Crippen molar-refractivity contribution in [3.8, 4) is 0 Å². The third-order valence-electron chi connectivity index (χ3n) is 5.96. The van der Waals surface area contributed by atoms with E-state index in [1.54, 1.807) is 30.3 Å². The fraction of sp³-hybridized carbons (Fsp3) is 0.636. The highest BCUT2D eigenvalue weighted by molar-refractivity contribution is 5.89. The molecule has 3 amide bonds. The monoisotopic (exact) mass is 515 g/mol. The van der Waals surface area contributed by atoms with Crippen molar-refractivity contribution >= 4 is 17.6 Å². The first kappa shape index (κ1) is 28.2. The van der Waals surface area contributed by atoms with Gasteiger partial charge in [-0.15, -0.1) is 0 Å². The zero-order valence-corrected chi connectivity index (χ0v) is 19.8. The maximum atomic E-state index is 12.5. The predicted octanol–water partition coefficient (Wildman–Crippen LogP) is -2.77. The fourth-order valence-corrected chi connectivity index (χ4v) is 4.19. The standard InChI is InChI=1S/C22H33N3O11/c1-10(28)23-15-17(30)19(13(9-27)35-20(15)33-2)36-21-18(31)14(16(29)12(8-26)34-21)25-22(32)24-11-6-4-3-5-7-11/h3-7,12-21,26-27,29-31H,8-9H2,1-2H3,(H,23,28)(H2,24,25,32)/t12-,13-,14+,15-,16+,17-,18-,19-,20?,21?/m1/s1. The van der Waals surface area contributed by atoms with Crippen molar-refractivity contribution in [2.24, 2.45) is 0 Å². The number of aliphatic hydroxyl groups is 5. The molecule has 0 radical (unpaired) electrons. The minimum absolute atomic E-state index is 0.461. The minimum atomic E-state index is -1.67. The molecule has 0 aromatic heterocycles. The quantitative estimate of drug-likeness (QED) is 0.178. The van der Waals surface area contributed by atoms with Gasteiger partial charge in [0.05, 0.1) is 19.3 Å². The van der Waals surface area contributed by atoms with Gasteiger partial charge in [-0.3, -0.25) is 4.79 Å². The second kappa shape index (κ2) is 12.7. The smallest absolute Gasteiger partial charge is 0.319 e. The van der Waals surface area contributed by atoms with Crippen LogP contribution in [0.25, 0.3) is 0 Å². The maximum absolute atomic E-state index is 12.5. The van der Waals surface area contributed by atoms with Crippen LogP contribution < -0.4 is 16.0 Å². The van der Waals surface area contributed by atoms with Gasteiger partial charge in [0.2, 0.25) is 5.91 Å². The lowest BCUT2D eigenvalue weighted by Crippen LogP contribution is -2.69. The van der Waals surface area contributed by atoms with Gasteiger partial charge in [-0.25, -0.2) is 4.79 Å². The van der Waals surface area contributed by atoms with Gasteiger partial charge in [0.15, 0.2) is 12.6 Å². The Kier molecular flexibility index (Phi) is 9.95. The topological polar surface area (TPSA) is 208 Å². The van der Waals surface area contributed by atoms with E-state index in [4.69, 9.17) is 18.9 Å². The van der Waals surface area contributed by atoms with E-state index in [-0.39, 0.29) is 0 Å². The molecule has 36 heavy (non-hydrogen) atoms. The molecule has 0 spiro atoms. The Labute approximate surface area is 207 Å². The van der Waals surface area contributed by atoms with Crippen molar-refractivity contribution in [3.63, 3.8) is 0 Å². The SMILES string of the molecule is COC1O[C@H](CO)[C@@H](OC2O[C@H](CO)[C@H](O)[C@H](NC(=O)Nc3ccccc3)[C@H]2O)[C@H](O)[C@H]1NC(C)=O. The number of rotatable bonds is 8. The summed E-state index contributed by atoms with van der Waals surface area (Å²) in [6.45, 7) is -0.0739. The van der Waals surface area contributed by atoms with E-state index in [0.717, 1.165) is 0 Å². The molecule has 0 aliphatic carbocycles. The summed E-state index contributed by atoms with van der Waals surface area (Å²) in [5.74, 6) is -0.489. The number of aliphatic hydroxyl groups excluding tert-OH is 5. The number of urea groups is 1. The molecule has 2 aliphatic heterocycles. The zero-order chi connectivity index (χ0) is 26.4. The lowest BCUT2D eigenvalue weighted by atomic mass is 9.94. The molecule has 1 aromatic carbocycles. The van der Waals surface area contributed by atoms with E-state index < -0.39 is 86.4 Å². The first-order chi connectivity index (χ1) is 17.2. The van der Waals surface area contributed by atoms with Crippen LogP contribution in [-0.4, -0.2) is 119 Å². The Hall–Kier alpha value is -2.40. The first-order valence-electron chi connectivity index (χ1n) is 11.3. The van der Waals surface area contributed by atoms with Crippen molar-refractivity contribution < 1.29 is 54.1 Å². The lowest BCUT2D eigenvalue weighted by molar-refractivity contribution is -0.336. The van der Waals surface area contributed by atoms with Crippen molar-refractivity contribution in [2.75, 3.05) is 25.6 Å². The highest BCUT2D eigenvalue weighted by atomic mass is 16.7. The van der Waals surface area contributed by atoms with Crippen molar-refractivity contribution in [2.45, 2.75) is 68.2 Å². The van der Waals surface area contributed by atoms with E-state index in [0.29, 0.717) is 5.69 Å². The van der Waals surface area contributed by atoms with E-state index in [1.807, 2.05) is 0 Å². The number of hydrogen-bond donors (Lipinski definition) is 8. The van der Waals surface area contributed by atoms with Crippen molar-refractivity contribution in [3.05, 3.63) is 30.3 Å². The fourth-order valence-electron chi connectivity index (χ4n) is 4.19. The summed E-state index contributed by atoms with van der Waals surface area (Å²) >= 11 is 0. The van der Waals surface area contributed by atoms with Crippen LogP contribution in [0.1, 0.15) is 6.92 Å². The molecule has 3 rings (SSSR count). The van der Waals surface area contributed by atoms with Gasteiger partial charge in [0, 0.05) is 19.7 Å². The summed E-state index contributed by atoms with van der Waals surface area (Å²) < 4.78 is 22.0. The third-order valence-corrected chi connectivity index (χ3v) is 5.96. The summed E-state index contributed by atoms with van der Waals surface area (Å²) in [6.07, 6.45) is -11.1. The molecule has 14 heteroatoms. The van der Waals surface area contributed by atoms with Gasteiger partial charge in [-0.05, 0) is 12.1 Å². The number of carbonyl (C=O) groups excluding carboxylic acids is 2. The zero-order valence-electron chi connectivity index (χ0n) is 19.8. The summed E-state index contributed by atoms with van der Waals surface area (Å²) in [5, 5.41) is 59.4. The van der Waals surface area contributed by atoms with Crippen molar-refractivity contribution in [1.29, 1.82) is 0 Å². The van der Waals surface area contributed by atoms with E-state index >= 15 is 0 Å². The molecule has 14 nitrogen and oxygen atoms in total. The number of nitrogens with one attached hydrogen (secondary N) is 3. The summed E-state index contributed by atoms with van der Waals surface area (Å²) in [4.78, 5) is 24.1. The third kappa shape index (κ3) is 6.47. The molecule has 202 valence electrons. The second-order valence-corrected chi connectivity index (χ2v) is 8.48. The Morgan fingerprint density at radius 1 is 0.889 bits per heavy atom. The molecule has 2 fully saturated rings. The van der Waals surface area contributed by atoms with Crippen LogP contribution in [0.15, 0.2) is 30.3 Å². The van der Waals surface area contributed by atoms with E-state index in [1.165, 1.54) is 14.0 Å². The largest absolute Gasteiger partial charge is 0.394 e. The van der Waals surface area contributed by atoms with E-state index in [9.17, 15) is 35.1 Å². The van der Waals surface area contributed by atoms with Gasteiger partial charge in [0.1, 0.15) is 42.7 Å². The normalized spacial score (nSPS) is 36.6. The summed E-state index contributed by atoms with van der Waals surface area (Å²) in [5.41, 5.74) is 0.461. The molecule has 2 aliphatic rings. The predicted molar refractivity (Wildman–Crippen MR) is 121 cm³/mol. The number of para-hydroxylation sites is 1. The number of hydrogen-bond acceptors (Lipinski definition) is 11. The molecule has 0 bridgehead atoms. The number of ether oxygens (including phenoxy) is 4. The molecule has 1 aromatic rings. The number of anilines is 1. The lowest BCUT2D eigenvalue weighted by Gasteiger charge is -2.47. The van der Waals surface area contributed by atoms with Gasteiger partial charge in [-0.1, -0.05) is 18.2 Å². The van der Waals surface area contributed by atoms with Crippen LogP contribution in [0.5, 0.6) is 0 Å². The Balaban J connectivity index is 1.77. The first-order valence-corrected chi connectivity index (χ1v) is 11.3. The van der Waals surface area contributed by atoms with Crippen LogP contribution in [0.4, 0.5) is 10.5 Å². The van der Waals surface area contributed by atoms with Gasteiger partial charge in [-0.2, -0.15) is 0 Å². The van der Waals surface area contributed by atoms with Gasteiger partial charge < -0.3 is 60.4 Å². The van der Waals surface area contributed by atoms with Crippen LogP contribution in [0, 0.1) is 0 Å². The molecule has 2 unspecified atom stereocenters. The maximum Gasteiger partial charge on any atom is 0.319 e. The number of carbonyl (C=O) groups is 2. The Morgan fingerprint density at radius 3 is 2.11 bits per heavy atom. The van der Waals surface area contributed by atoms with Crippen LogP contribution in [-0.2, 0) is 23.7 Å².